The highest BCUT2D eigenvalue weighted by atomic mass is 16.6. The molecular weight excluding hydrogens is 444 g/mol. The van der Waals surface area contributed by atoms with Crippen LogP contribution in [0.4, 0.5) is 5.69 Å². The standard InChI is InChI=1S/C27H32N4O4/c1-26(2,3)19-27(4,5)20-8-14-24(15-9-20)35-18-25(32)29-28-17-23-7-6-16-30(23)21-10-12-22(13-11-21)31(33)34/h6-17H,18-19H2,1-5H3,(H,29,32)/b28-17-. The van der Waals surface area contributed by atoms with Crippen LogP contribution in [0.5, 0.6) is 5.75 Å². The van der Waals surface area contributed by atoms with E-state index in [1.165, 1.54) is 23.9 Å². The molecular formula is C27H32N4O4. The second-order valence-corrected chi connectivity index (χ2v) is 10.3. The van der Waals surface area contributed by atoms with E-state index < -0.39 is 4.92 Å². The smallest absolute Gasteiger partial charge is 0.277 e. The van der Waals surface area contributed by atoms with Gasteiger partial charge in [0.2, 0.25) is 0 Å². The quantitative estimate of drug-likeness (QED) is 0.246. The van der Waals surface area contributed by atoms with E-state index in [9.17, 15) is 14.9 Å². The normalized spacial score (nSPS) is 12.0. The molecule has 0 spiro atoms. The molecule has 1 N–H and O–H groups in total. The van der Waals surface area contributed by atoms with Crippen molar-refractivity contribution in [3.05, 3.63) is 88.2 Å². The molecule has 3 rings (SSSR count). The summed E-state index contributed by atoms with van der Waals surface area (Å²) in [7, 11) is 0. The Bertz CT molecular complexity index is 1190. The van der Waals surface area contributed by atoms with Gasteiger partial charge in [-0.1, -0.05) is 46.8 Å². The summed E-state index contributed by atoms with van der Waals surface area (Å²) in [5, 5.41) is 14.8. The third kappa shape index (κ3) is 7.27. The van der Waals surface area contributed by atoms with E-state index >= 15 is 0 Å². The largest absolute Gasteiger partial charge is 0.484 e. The van der Waals surface area contributed by atoms with Crippen LogP contribution in [0.15, 0.2) is 72.0 Å². The van der Waals surface area contributed by atoms with Crippen LogP contribution < -0.4 is 10.2 Å². The Morgan fingerprint density at radius 3 is 2.31 bits per heavy atom. The Kier molecular flexibility index (Phi) is 7.74. The summed E-state index contributed by atoms with van der Waals surface area (Å²) in [4.78, 5) is 22.6. The lowest BCUT2D eigenvalue weighted by molar-refractivity contribution is -0.384. The van der Waals surface area contributed by atoms with Crippen LogP contribution in [-0.4, -0.2) is 28.2 Å². The first-order chi connectivity index (χ1) is 16.4. The molecule has 184 valence electrons. The molecule has 3 aromatic rings. The fourth-order valence-corrected chi connectivity index (χ4v) is 4.25. The third-order valence-corrected chi connectivity index (χ3v) is 5.48. The molecule has 0 saturated carbocycles. The van der Waals surface area contributed by atoms with Crippen LogP contribution in [0.25, 0.3) is 5.69 Å². The maximum absolute atomic E-state index is 12.2. The average molecular weight is 477 g/mol. The van der Waals surface area contributed by atoms with E-state index in [2.05, 4.69) is 45.1 Å². The molecule has 1 aromatic heterocycles. The number of nitro groups is 1. The summed E-state index contributed by atoms with van der Waals surface area (Å²) in [6.07, 6.45) is 4.36. The minimum absolute atomic E-state index is 0.0200. The van der Waals surface area contributed by atoms with Crippen LogP contribution in [0.2, 0.25) is 0 Å². The van der Waals surface area contributed by atoms with Crippen molar-refractivity contribution in [3.8, 4) is 11.4 Å². The van der Waals surface area contributed by atoms with Gasteiger partial charge in [-0.3, -0.25) is 14.9 Å². The highest BCUT2D eigenvalue weighted by Gasteiger charge is 2.27. The number of ether oxygens (including phenoxy) is 1. The van der Waals surface area contributed by atoms with Gasteiger partial charge < -0.3 is 9.30 Å². The fraction of sp³-hybridized carbons (Fsp3) is 0.333. The summed E-state index contributed by atoms with van der Waals surface area (Å²) in [6.45, 7) is 11.0. The first-order valence-electron chi connectivity index (χ1n) is 11.4. The summed E-state index contributed by atoms with van der Waals surface area (Å²) in [5.74, 6) is 0.235. The minimum atomic E-state index is -0.443. The van der Waals surface area contributed by atoms with Crippen LogP contribution in [0.3, 0.4) is 0 Å². The zero-order valence-electron chi connectivity index (χ0n) is 20.8. The molecule has 35 heavy (non-hydrogen) atoms. The highest BCUT2D eigenvalue weighted by Crippen LogP contribution is 2.36. The molecule has 0 aliphatic heterocycles. The van der Waals surface area contributed by atoms with Crippen LogP contribution in [-0.2, 0) is 10.2 Å². The number of hydrogen-bond donors (Lipinski definition) is 1. The molecule has 0 aliphatic carbocycles. The first-order valence-corrected chi connectivity index (χ1v) is 11.4. The number of rotatable bonds is 9. The number of nitro benzene ring substituents is 1. The van der Waals surface area contributed by atoms with Crippen LogP contribution in [0.1, 0.15) is 52.3 Å². The van der Waals surface area contributed by atoms with Crippen molar-refractivity contribution in [1.29, 1.82) is 0 Å². The van der Waals surface area contributed by atoms with Crippen molar-refractivity contribution in [1.82, 2.24) is 9.99 Å². The molecule has 1 heterocycles. The number of amides is 1. The van der Waals surface area contributed by atoms with E-state index in [-0.39, 0.29) is 29.0 Å². The predicted molar refractivity (Wildman–Crippen MR) is 137 cm³/mol. The fourth-order valence-electron chi connectivity index (χ4n) is 4.25. The number of nitrogens with zero attached hydrogens (tertiary/aromatic N) is 3. The average Bonchev–Trinajstić information content (AvgIpc) is 3.25. The van der Waals surface area contributed by atoms with E-state index in [4.69, 9.17) is 4.74 Å². The Balaban J connectivity index is 1.53. The Hall–Kier alpha value is -3.94. The number of carbonyl (C=O) groups excluding carboxylic acids is 1. The van der Waals surface area contributed by atoms with Gasteiger partial charge in [-0.15, -0.1) is 0 Å². The molecule has 0 aliphatic rings. The zero-order valence-corrected chi connectivity index (χ0v) is 20.8. The van der Waals surface area contributed by atoms with Crippen molar-refractivity contribution in [2.45, 2.75) is 46.5 Å². The van der Waals surface area contributed by atoms with Gasteiger partial charge >= 0.3 is 0 Å². The number of carbonyl (C=O) groups is 1. The zero-order chi connectivity index (χ0) is 25.6. The highest BCUT2D eigenvalue weighted by molar-refractivity contribution is 5.82. The predicted octanol–water partition coefficient (Wildman–Crippen LogP) is 5.63. The minimum Gasteiger partial charge on any atom is -0.484 e. The molecule has 0 fully saturated rings. The van der Waals surface area contributed by atoms with Gasteiger partial charge in [0.15, 0.2) is 6.61 Å². The molecule has 1 amide bonds. The molecule has 0 bridgehead atoms. The molecule has 2 aromatic carbocycles. The number of aromatic nitrogens is 1. The van der Waals surface area contributed by atoms with Crippen molar-refractivity contribution in [3.63, 3.8) is 0 Å². The van der Waals surface area contributed by atoms with Gasteiger partial charge in [0, 0.05) is 24.0 Å². The molecule has 0 atom stereocenters. The van der Waals surface area contributed by atoms with Crippen LogP contribution >= 0.6 is 0 Å². The van der Waals surface area contributed by atoms with Gasteiger partial charge in [-0.25, -0.2) is 5.43 Å². The third-order valence-electron chi connectivity index (χ3n) is 5.48. The Labute approximate surface area is 205 Å². The summed E-state index contributed by atoms with van der Waals surface area (Å²) >= 11 is 0. The molecule has 8 nitrogen and oxygen atoms in total. The number of benzene rings is 2. The number of nitrogens with one attached hydrogen (secondary N) is 1. The maximum Gasteiger partial charge on any atom is 0.277 e. The Morgan fingerprint density at radius 1 is 1.06 bits per heavy atom. The first kappa shape index (κ1) is 25.7. The van der Waals surface area contributed by atoms with Gasteiger partial charge in [0.25, 0.3) is 11.6 Å². The van der Waals surface area contributed by atoms with Crippen molar-refractivity contribution in [2.75, 3.05) is 6.61 Å². The van der Waals surface area contributed by atoms with Crippen molar-refractivity contribution >= 4 is 17.8 Å². The number of hydrazone groups is 1. The van der Waals surface area contributed by atoms with E-state index in [1.807, 2.05) is 36.4 Å². The number of non-ortho nitro benzene ring substituents is 1. The monoisotopic (exact) mass is 476 g/mol. The summed E-state index contributed by atoms with van der Waals surface area (Å²) < 4.78 is 7.41. The van der Waals surface area contributed by atoms with Gasteiger partial charge in [-0.2, -0.15) is 5.10 Å². The van der Waals surface area contributed by atoms with Gasteiger partial charge in [-0.05, 0) is 59.2 Å². The lowest BCUT2D eigenvalue weighted by Crippen LogP contribution is -2.25. The van der Waals surface area contributed by atoms with E-state index in [0.29, 0.717) is 11.4 Å². The molecule has 8 heteroatoms. The maximum atomic E-state index is 12.2. The van der Waals surface area contributed by atoms with E-state index in [0.717, 1.165) is 12.1 Å². The second kappa shape index (κ2) is 10.5. The van der Waals surface area contributed by atoms with Crippen molar-refractivity contribution in [2.24, 2.45) is 10.5 Å². The summed E-state index contributed by atoms with van der Waals surface area (Å²) in [6, 6.07) is 17.7. The lowest BCUT2D eigenvalue weighted by atomic mass is 9.72. The Morgan fingerprint density at radius 2 is 1.71 bits per heavy atom. The topological polar surface area (TPSA) is 98.8 Å². The number of hydrogen-bond acceptors (Lipinski definition) is 5. The van der Waals surface area contributed by atoms with Gasteiger partial charge in [0.05, 0.1) is 16.8 Å². The molecule has 0 unspecified atom stereocenters. The molecule has 0 radical (unpaired) electrons. The SMILES string of the molecule is CC(C)(C)CC(C)(C)c1ccc(OCC(=O)N/N=C\c2cccn2-c2ccc([N+](=O)[O-])cc2)cc1. The summed E-state index contributed by atoms with van der Waals surface area (Å²) in [5.41, 5.74) is 5.41. The van der Waals surface area contributed by atoms with Gasteiger partial charge in [0.1, 0.15) is 5.75 Å². The molecule has 0 saturated heterocycles. The van der Waals surface area contributed by atoms with Crippen molar-refractivity contribution < 1.29 is 14.5 Å². The van der Waals surface area contributed by atoms with E-state index in [1.54, 1.807) is 22.9 Å². The lowest BCUT2D eigenvalue weighted by Gasteiger charge is -2.33. The van der Waals surface area contributed by atoms with Crippen LogP contribution in [0, 0.1) is 15.5 Å². The second-order valence-electron chi connectivity index (χ2n) is 10.3.